The molecule has 3 aromatic rings. The second-order valence-corrected chi connectivity index (χ2v) is 10.3. The summed E-state index contributed by atoms with van der Waals surface area (Å²) in [5.41, 5.74) is 2.12. The lowest BCUT2D eigenvalue weighted by molar-refractivity contribution is -0.00722. The summed E-state index contributed by atoms with van der Waals surface area (Å²) in [6.07, 6.45) is 2.59. The van der Waals surface area contributed by atoms with Crippen molar-refractivity contribution in [1.29, 1.82) is 0 Å². The Labute approximate surface area is 217 Å². The smallest absolute Gasteiger partial charge is 0.277 e. The number of imidazole rings is 1. The molecule has 1 unspecified atom stereocenters. The highest BCUT2D eigenvalue weighted by Gasteiger charge is 2.42. The molecule has 2 N–H and O–H groups in total. The molecule has 1 aromatic carbocycles. The van der Waals surface area contributed by atoms with Gasteiger partial charge in [0.2, 0.25) is 12.2 Å². The summed E-state index contributed by atoms with van der Waals surface area (Å²) in [4.78, 5) is 26.6. The molecular formula is C28H35N5O4. The summed E-state index contributed by atoms with van der Waals surface area (Å²) in [6.45, 7) is 6.82. The van der Waals surface area contributed by atoms with Gasteiger partial charge in [-0.15, -0.1) is 0 Å². The molecule has 0 spiro atoms. The summed E-state index contributed by atoms with van der Waals surface area (Å²) in [7, 11) is 0. The molecule has 9 nitrogen and oxygen atoms in total. The first-order valence-electron chi connectivity index (χ1n) is 13.0. The number of amides is 1. The molecule has 1 fully saturated rings. The van der Waals surface area contributed by atoms with Gasteiger partial charge in [0.1, 0.15) is 5.82 Å². The van der Waals surface area contributed by atoms with Crippen LogP contribution in [0.4, 0.5) is 5.82 Å². The maximum Gasteiger partial charge on any atom is 0.277 e. The van der Waals surface area contributed by atoms with E-state index in [0.717, 1.165) is 18.4 Å². The highest BCUT2D eigenvalue weighted by atomic mass is 16.5. The van der Waals surface area contributed by atoms with Gasteiger partial charge in [-0.3, -0.25) is 9.69 Å². The predicted octanol–water partition coefficient (Wildman–Crippen LogP) is 3.50. The molecule has 1 saturated carbocycles. The third kappa shape index (κ3) is 5.19. The molecule has 196 valence electrons. The summed E-state index contributed by atoms with van der Waals surface area (Å²) in [5.74, 6) is 1.72. The van der Waals surface area contributed by atoms with Crippen LogP contribution in [-0.2, 0) is 6.54 Å². The molecule has 0 bridgehead atoms. The van der Waals surface area contributed by atoms with E-state index >= 15 is 0 Å². The molecular weight excluding hydrogens is 470 g/mol. The topological polar surface area (TPSA) is 104 Å². The predicted molar refractivity (Wildman–Crippen MR) is 140 cm³/mol. The number of anilines is 1. The maximum atomic E-state index is 13.9. The van der Waals surface area contributed by atoms with E-state index in [9.17, 15) is 15.0 Å². The van der Waals surface area contributed by atoms with Crippen molar-refractivity contribution in [3.05, 3.63) is 59.9 Å². The molecule has 2 atom stereocenters. The highest BCUT2D eigenvalue weighted by molar-refractivity contribution is 6.00. The molecule has 5 rings (SSSR count). The third-order valence-corrected chi connectivity index (χ3v) is 6.88. The van der Waals surface area contributed by atoms with Crippen molar-refractivity contribution in [1.82, 2.24) is 19.4 Å². The fourth-order valence-corrected chi connectivity index (χ4v) is 4.67. The Kier molecular flexibility index (Phi) is 7.17. The van der Waals surface area contributed by atoms with Crippen LogP contribution < -0.4 is 9.64 Å². The molecule has 9 heteroatoms. The molecule has 2 aromatic heterocycles. The molecule has 0 radical (unpaired) electrons. The van der Waals surface area contributed by atoms with E-state index in [-0.39, 0.29) is 18.5 Å². The zero-order chi connectivity index (χ0) is 26.1. The molecule has 37 heavy (non-hydrogen) atoms. The van der Waals surface area contributed by atoms with Gasteiger partial charge in [0, 0.05) is 25.3 Å². The first kappa shape index (κ1) is 25.2. The number of rotatable bonds is 10. The lowest BCUT2D eigenvalue weighted by Gasteiger charge is -2.42. The number of aliphatic hydroxyl groups excluding tert-OH is 2. The number of aromatic nitrogens is 3. The highest BCUT2D eigenvalue weighted by Crippen LogP contribution is 2.39. The minimum atomic E-state index is -1.19. The van der Waals surface area contributed by atoms with Crippen molar-refractivity contribution in [3.8, 4) is 17.3 Å². The van der Waals surface area contributed by atoms with E-state index < -0.39 is 12.5 Å². The Hall–Kier alpha value is -3.43. The number of benzene rings is 1. The number of aliphatic hydroxyl groups is 2. The zero-order valence-electron chi connectivity index (χ0n) is 21.6. The van der Waals surface area contributed by atoms with Crippen LogP contribution in [0.5, 0.6) is 5.88 Å². The Morgan fingerprint density at radius 2 is 1.86 bits per heavy atom. The number of carbonyl (C=O) groups excluding carboxylic acids is 1. The Morgan fingerprint density at radius 1 is 1.11 bits per heavy atom. The van der Waals surface area contributed by atoms with Crippen molar-refractivity contribution < 1.29 is 19.7 Å². The van der Waals surface area contributed by atoms with E-state index in [1.165, 1.54) is 4.90 Å². The summed E-state index contributed by atoms with van der Waals surface area (Å²) in [6, 6.07) is 13.5. The Bertz CT molecular complexity index is 1240. The van der Waals surface area contributed by atoms with Crippen LogP contribution in [0.25, 0.3) is 11.4 Å². The van der Waals surface area contributed by atoms with E-state index in [0.29, 0.717) is 54.3 Å². The summed E-state index contributed by atoms with van der Waals surface area (Å²) < 4.78 is 8.02. The Morgan fingerprint density at radius 3 is 2.54 bits per heavy atom. The van der Waals surface area contributed by atoms with Gasteiger partial charge in [-0.1, -0.05) is 30.3 Å². The minimum Gasteiger partial charge on any atom is -0.477 e. The number of pyridine rings is 1. The Balaban J connectivity index is 1.66. The molecule has 0 saturated heterocycles. The maximum absolute atomic E-state index is 13.9. The van der Waals surface area contributed by atoms with Gasteiger partial charge in [-0.05, 0) is 63.6 Å². The quantitative estimate of drug-likeness (QED) is 0.435. The fourth-order valence-electron chi connectivity index (χ4n) is 4.67. The van der Waals surface area contributed by atoms with E-state index in [1.807, 2.05) is 60.9 Å². The molecule has 1 aliphatic carbocycles. The van der Waals surface area contributed by atoms with Crippen LogP contribution >= 0.6 is 0 Å². The third-order valence-electron chi connectivity index (χ3n) is 6.88. The van der Waals surface area contributed by atoms with Gasteiger partial charge in [-0.25, -0.2) is 9.97 Å². The number of ether oxygens (including phenoxy) is 1. The zero-order valence-corrected chi connectivity index (χ0v) is 21.6. The van der Waals surface area contributed by atoms with Crippen molar-refractivity contribution >= 4 is 11.7 Å². The van der Waals surface area contributed by atoms with Gasteiger partial charge >= 0.3 is 0 Å². The van der Waals surface area contributed by atoms with Crippen LogP contribution in [0.3, 0.4) is 0 Å². The van der Waals surface area contributed by atoms with Gasteiger partial charge in [-0.2, -0.15) is 0 Å². The minimum absolute atomic E-state index is 0.136. The number of hydrogen-bond donors (Lipinski definition) is 2. The normalized spacial score (nSPS) is 18.3. The van der Waals surface area contributed by atoms with Gasteiger partial charge in [0.05, 0.1) is 18.3 Å². The molecule has 3 heterocycles. The largest absolute Gasteiger partial charge is 0.477 e. The number of hydrogen-bond acceptors (Lipinski definition) is 7. The standard InChI is InChI=1S/C28H35N5O4/c1-18(2)33-25-23(27(35)31(28(33)36)15-13-19(3)34)32(16-20-8-5-4-6-9-20)24(30-25)22-10-7-14-29-26(22)37-17-21-11-12-21/h4-10,14,18-19,21,28,34,36H,11-13,15-17H2,1-3H3/t19-,28?/m1/s1. The average molecular weight is 506 g/mol. The number of nitrogens with zero attached hydrogens (tertiary/aromatic N) is 5. The first-order valence-corrected chi connectivity index (χ1v) is 13.0. The second kappa shape index (κ2) is 10.5. The van der Waals surface area contributed by atoms with Crippen LogP contribution in [-0.4, -0.2) is 67.2 Å². The average Bonchev–Trinajstić information content (AvgIpc) is 3.63. The molecule has 1 aliphatic heterocycles. The van der Waals surface area contributed by atoms with E-state index in [4.69, 9.17) is 9.72 Å². The van der Waals surface area contributed by atoms with E-state index in [2.05, 4.69) is 4.98 Å². The van der Waals surface area contributed by atoms with Crippen LogP contribution in [0, 0.1) is 5.92 Å². The van der Waals surface area contributed by atoms with Crippen molar-refractivity contribution in [3.63, 3.8) is 0 Å². The number of fused-ring (bicyclic) bond motifs is 1. The second-order valence-electron chi connectivity index (χ2n) is 10.3. The summed E-state index contributed by atoms with van der Waals surface area (Å²) in [5, 5.41) is 21.1. The van der Waals surface area contributed by atoms with Crippen LogP contribution in [0.15, 0.2) is 48.7 Å². The number of carbonyl (C=O) groups is 1. The van der Waals surface area contributed by atoms with Gasteiger partial charge < -0.3 is 24.4 Å². The van der Waals surface area contributed by atoms with Crippen LogP contribution in [0.1, 0.15) is 56.1 Å². The summed E-state index contributed by atoms with van der Waals surface area (Å²) >= 11 is 0. The SMILES string of the molecule is CC(C)N1c2nc(-c3cccnc3OCC3CC3)n(Cc3ccccc3)c2C(=O)N(CC[C@@H](C)O)C1O. The van der Waals surface area contributed by atoms with Gasteiger partial charge in [0.25, 0.3) is 5.91 Å². The van der Waals surface area contributed by atoms with Crippen molar-refractivity contribution in [2.75, 3.05) is 18.1 Å². The molecule has 2 aliphatic rings. The lowest BCUT2D eigenvalue weighted by Crippen LogP contribution is -2.58. The van der Waals surface area contributed by atoms with Crippen molar-refractivity contribution in [2.45, 2.75) is 65.1 Å². The van der Waals surface area contributed by atoms with E-state index in [1.54, 1.807) is 18.0 Å². The fraction of sp³-hybridized carbons (Fsp3) is 0.464. The molecule has 1 amide bonds. The van der Waals surface area contributed by atoms with Crippen molar-refractivity contribution in [2.24, 2.45) is 5.92 Å². The monoisotopic (exact) mass is 505 g/mol. The lowest BCUT2D eigenvalue weighted by atomic mass is 10.1. The van der Waals surface area contributed by atoms with Gasteiger partial charge in [0.15, 0.2) is 11.5 Å². The van der Waals surface area contributed by atoms with Crippen LogP contribution in [0.2, 0.25) is 0 Å². The first-order chi connectivity index (χ1) is 17.8.